The third-order valence-corrected chi connectivity index (χ3v) is 2.83. The van der Waals surface area contributed by atoms with Gasteiger partial charge in [-0.2, -0.15) is 0 Å². The van der Waals surface area contributed by atoms with Gasteiger partial charge in [0.25, 0.3) is 0 Å². The molecule has 0 aromatic heterocycles. The Morgan fingerprint density at radius 1 is 1.23 bits per heavy atom. The second-order valence-corrected chi connectivity index (χ2v) is 3.76. The predicted molar refractivity (Wildman–Crippen MR) is 58.3 cm³/mol. The lowest BCUT2D eigenvalue weighted by Crippen LogP contribution is -2.02. The molecule has 0 unspecified atom stereocenters. The first-order valence-corrected chi connectivity index (χ1v) is 4.99. The Morgan fingerprint density at radius 3 is 2.46 bits per heavy atom. The smallest absolute Gasteiger partial charge is 0.0469 e. The van der Waals surface area contributed by atoms with Crippen molar-refractivity contribution in [3.8, 4) is 0 Å². The van der Waals surface area contributed by atoms with E-state index in [1.165, 1.54) is 11.1 Å². The fraction of sp³-hybridized carbons (Fsp3) is 0.455. The van der Waals surface area contributed by atoms with E-state index in [4.69, 9.17) is 17.3 Å². The minimum atomic E-state index is 0.726. The zero-order chi connectivity index (χ0) is 9.84. The molecule has 0 atom stereocenters. The molecule has 2 N–H and O–H groups in total. The number of nitrogens with two attached hydrogens (primary N) is 1. The Bertz CT molecular complexity index is 294. The average molecular weight is 198 g/mol. The Balaban J connectivity index is 2.96. The molecule has 13 heavy (non-hydrogen) atoms. The normalized spacial score (nSPS) is 10.5. The van der Waals surface area contributed by atoms with E-state index in [0.717, 1.165) is 30.0 Å². The van der Waals surface area contributed by atoms with E-state index in [2.05, 4.69) is 19.1 Å². The van der Waals surface area contributed by atoms with Gasteiger partial charge in [0.2, 0.25) is 0 Å². The summed E-state index contributed by atoms with van der Waals surface area (Å²) in [5, 5.41) is 0.911. The summed E-state index contributed by atoms with van der Waals surface area (Å²) in [7, 11) is 0. The van der Waals surface area contributed by atoms with Crippen LogP contribution in [0.15, 0.2) is 12.1 Å². The van der Waals surface area contributed by atoms with Gasteiger partial charge in [-0.1, -0.05) is 23.7 Å². The molecule has 1 rings (SSSR count). The number of hydrogen-bond acceptors (Lipinski definition) is 1. The van der Waals surface area contributed by atoms with Gasteiger partial charge in [0.15, 0.2) is 0 Å². The van der Waals surface area contributed by atoms with Gasteiger partial charge in [0.05, 0.1) is 0 Å². The summed E-state index contributed by atoms with van der Waals surface area (Å²) in [6, 6.07) is 4.18. The van der Waals surface area contributed by atoms with Gasteiger partial charge in [-0.3, -0.25) is 0 Å². The lowest BCUT2D eigenvalue weighted by molar-refractivity contribution is 0.827. The van der Waals surface area contributed by atoms with Crippen LogP contribution in [0.25, 0.3) is 0 Å². The van der Waals surface area contributed by atoms with Gasteiger partial charge in [-0.15, -0.1) is 0 Å². The Morgan fingerprint density at radius 2 is 1.85 bits per heavy atom. The first-order chi connectivity index (χ1) is 6.16. The monoisotopic (exact) mass is 197 g/mol. The van der Waals surface area contributed by atoms with Gasteiger partial charge >= 0.3 is 0 Å². The maximum absolute atomic E-state index is 6.19. The van der Waals surface area contributed by atoms with Crippen LogP contribution in [-0.2, 0) is 6.42 Å². The summed E-state index contributed by atoms with van der Waals surface area (Å²) in [6.07, 6.45) is 1.99. The van der Waals surface area contributed by atoms with Crippen LogP contribution in [0.1, 0.15) is 23.1 Å². The van der Waals surface area contributed by atoms with Gasteiger partial charge in [-0.05, 0) is 49.9 Å². The topological polar surface area (TPSA) is 26.0 Å². The van der Waals surface area contributed by atoms with E-state index < -0.39 is 0 Å². The van der Waals surface area contributed by atoms with E-state index in [0.29, 0.717) is 0 Å². The van der Waals surface area contributed by atoms with Crippen LogP contribution >= 0.6 is 11.6 Å². The van der Waals surface area contributed by atoms with Crippen LogP contribution in [0.5, 0.6) is 0 Å². The summed E-state index contributed by atoms with van der Waals surface area (Å²) in [4.78, 5) is 0. The molecular formula is C11H16ClN. The third kappa shape index (κ3) is 2.45. The number of benzene rings is 1. The highest BCUT2D eigenvalue weighted by atomic mass is 35.5. The summed E-state index contributed by atoms with van der Waals surface area (Å²) in [5.74, 6) is 0. The molecule has 1 aromatic rings. The van der Waals surface area contributed by atoms with E-state index in [-0.39, 0.29) is 0 Å². The molecule has 1 nitrogen and oxygen atoms in total. The molecule has 0 aliphatic heterocycles. The Kier molecular flexibility index (Phi) is 3.76. The second kappa shape index (κ2) is 4.64. The average Bonchev–Trinajstić information content (AvgIpc) is 2.12. The lowest BCUT2D eigenvalue weighted by atomic mass is 10.0. The number of aryl methyl sites for hydroxylation is 2. The molecule has 0 radical (unpaired) electrons. The summed E-state index contributed by atoms with van der Waals surface area (Å²) in [5.41, 5.74) is 9.15. The Hall–Kier alpha value is -0.530. The molecule has 0 saturated heterocycles. The molecule has 0 aliphatic rings. The molecule has 0 heterocycles. The van der Waals surface area contributed by atoms with Crippen molar-refractivity contribution in [2.45, 2.75) is 26.7 Å². The summed E-state index contributed by atoms with van der Waals surface area (Å²) < 4.78 is 0. The highest BCUT2D eigenvalue weighted by Gasteiger charge is 2.05. The van der Waals surface area contributed by atoms with E-state index in [9.17, 15) is 0 Å². The lowest BCUT2D eigenvalue weighted by Gasteiger charge is -2.09. The standard InChI is InChI=1S/C11H16ClN/c1-8-5-6-9(2)11(12)10(8)4-3-7-13/h5-6H,3-4,7,13H2,1-2H3. The predicted octanol–water partition coefficient (Wildman–Crippen LogP) is 2.85. The molecule has 0 fully saturated rings. The molecule has 72 valence electrons. The second-order valence-electron chi connectivity index (χ2n) is 3.38. The van der Waals surface area contributed by atoms with Crippen molar-refractivity contribution in [1.29, 1.82) is 0 Å². The van der Waals surface area contributed by atoms with Crippen molar-refractivity contribution in [2.75, 3.05) is 6.54 Å². The minimum Gasteiger partial charge on any atom is -0.330 e. The van der Waals surface area contributed by atoms with Crippen LogP contribution in [-0.4, -0.2) is 6.54 Å². The van der Waals surface area contributed by atoms with Crippen LogP contribution in [0.3, 0.4) is 0 Å². The first-order valence-electron chi connectivity index (χ1n) is 4.61. The molecular weight excluding hydrogens is 182 g/mol. The number of hydrogen-bond donors (Lipinski definition) is 1. The zero-order valence-corrected chi connectivity index (χ0v) is 8.99. The van der Waals surface area contributed by atoms with Gasteiger partial charge in [-0.25, -0.2) is 0 Å². The molecule has 1 aromatic carbocycles. The van der Waals surface area contributed by atoms with Crippen molar-refractivity contribution in [3.05, 3.63) is 33.8 Å². The fourth-order valence-corrected chi connectivity index (χ4v) is 1.73. The number of halogens is 1. The van der Waals surface area contributed by atoms with E-state index >= 15 is 0 Å². The van der Waals surface area contributed by atoms with Crippen molar-refractivity contribution in [3.63, 3.8) is 0 Å². The first kappa shape index (κ1) is 10.6. The number of rotatable bonds is 3. The maximum atomic E-state index is 6.19. The molecule has 0 spiro atoms. The summed E-state index contributed by atoms with van der Waals surface area (Å²) >= 11 is 6.19. The molecule has 0 amide bonds. The molecule has 2 heteroatoms. The van der Waals surface area contributed by atoms with Crippen LogP contribution < -0.4 is 5.73 Å². The zero-order valence-electron chi connectivity index (χ0n) is 8.23. The van der Waals surface area contributed by atoms with Crippen LogP contribution in [0.4, 0.5) is 0 Å². The van der Waals surface area contributed by atoms with Gasteiger partial charge in [0, 0.05) is 5.02 Å². The summed E-state index contributed by atoms with van der Waals surface area (Å²) in [6.45, 7) is 4.86. The van der Waals surface area contributed by atoms with Crippen LogP contribution in [0.2, 0.25) is 5.02 Å². The quantitative estimate of drug-likeness (QED) is 0.793. The third-order valence-electron chi connectivity index (χ3n) is 2.30. The van der Waals surface area contributed by atoms with Crippen molar-refractivity contribution >= 4 is 11.6 Å². The van der Waals surface area contributed by atoms with Gasteiger partial charge in [0.1, 0.15) is 0 Å². The highest BCUT2D eigenvalue weighted by molar-refractivity contribution is 6.32. The fourth-order valence-electron chi connectivity index (χ4n) is 1.42. The molecule has 0 bridgehead atoms. The van der Waals surface area contributed by atoms with Crippen molar-refractivity contribution < 1.29 is 0 Å². The Labute approximate surface area is 84.9 Å². The minimum absolute atomic E-state index is 0.726. The van der Waals surface area contributed by atoms with Crippen molar-refractivity contribution in [1.82, 2.24) is 0 Å². The van der Waals surface area contributed by atoms with E-state index in [1.807, 2.05) is 6.92 Å². The maximum Gasteiger partial charge on any atom is 0.0469 e. The molecule has 0 saturated carbocycles. The highest BCUT2D eigenvalue weighted by Crippen LogP contribution is 2.24. The SMILES string of the molecule is Cc1ccc(C)c(CCCN)c1Cl. The largest absolute Gasteiger partial charge is 0.330 e. The van der Waals surface area contributed by atoms with Crippen molar-refractivity contribution in [2.24, 2.45) is 5.73 Å². The van der Waals surface area contributed by atoms with Gasteiger partial charge < -0.3 is 5.73 Å². The molecule has 0 aliphatic carbocycles. The van der Waals surface area contributed by atoms with E-state index in [1.54, 1.807) is 0 Å². The van der Waals surface area contributed by atoms with Crippen LogP contribution in [0, 0.1) is 13.8 Å².